The summed E-state index contributed by atoms with van der Waals surface area (Å²) in [6.07, 6.45) is 1.71. The van der Waals surface area contributed by atoms with Crippen molar-refractivity contribution < 1.29 is 13.2 Å². The molecule has 0 spiro atoms. The first-order chi connectivity index (χ1) is 15.8. The number of allylic oxidation sites excluding steroid dienone is 1. The van der Waals surface area contributed by atoms with Crippen molar-refractivity contribution in [3.63, 3.8) is 0 Å². The number of amides is 1. The highest BCUT2D eigenvalue weighted by Crippen LogP contribution is 2.26. The van der Waals surface area contributed by atoms with E-state index in [2.05, 4.69) is 11.6 Å². The Balaban J connectivity index is 1.67. The first-order valence-corrected chi connectivity index (χ1v) is 12.6. The molecule has 6 nitrogen and oxygen atoms in total. The Hall–Kier alpha value is -3.20. The highest BCUT2D eigenvalue weighted by molar-refractivity contribution is 7.92. The van der Waals surface area contributed by atoms with Crippen molar-refractivity contribution in [2.75, 3.05) is 11.4 Å². The predicted octanol–water partition coefficient (Wildman–Crippen LogP) is 5.11. The Morgan fingerprint density at radius 1 is 1.09 bits per heavy atom. The largest absolute Gasteiger partial charge is 0.311 e. The van der Waals surface area contributed by atoms with Crippen molar-refractivity contribution in [1.29, 1.82) is 0 Å². The standard InChI is InChI=1S/C24H20ClN3O3S2/c1-3-16-28-22-20(25)10-7-11-21(22)32-24(28)26-23(29)17-12-14-19(15-13-17)33(30,31)27(2)18-8-5-4-6-9-18/h3-15H,1,16H2,2H3. The van der Waals surface area contributed by atoms with Crippen LogP contribution in [0.25, 0.3) is 10.2 Å². The van der Waals surface area contributed by atoms with Crippen molar-refractivity contribution >= 4 is 54.8 Å². The monoisotopic (exact) mass is 497 g/mol. The minimum Gasteiger partial charge on any atom is -0.311 e. The second-order valence-electron chi connectivity index (χ2n) is 7.12. The number of para-hydroxylation sites is 2. The molecule has 0 aliphatic heterocycles. The van der Waals surface area contributed by atoms with Crippen LogP contribution in [0, 0.1) is 0 Å². The molecular weight excluding hydrogens is 478 g/mol. The summed E-state index contributed by atoms with van der Waals surface area (Å²) in [5.41, 5.74) is 1.62. The maximum Gasteiger partial charge on any atom is 0.279 e. The van der Waals surface area contributed by atoms with E-state index in [1.54, 1.807) is 36.4 Å². The molecule has 1 amide bonds. The fourth-order valence-electron chi connectivity index (χ4n) is 3.33. The quantitative estimate of drug-likeness (QED) is 0.347. The maximum absolute atomic E-state index is 12.9. The van der Waals surface area contributed by atoms with E-state index in [-0.39, 0.29) is 10.5 Å². The zero-order valence-electron chi connectivity index (χ0n) is 17.7. The number of hydrogen-bond acceptors (Lipinski definition) is 4. The van der Waals surface area contributed by atoms with Gasteiger partial charge in [-0.15, -0.1) is 6.58 Å². The topological polar surface area (TPSA) is 71.7 Å². The summed E-state index contributed by atoms with van der Waals surface area (Å²) in [5, 5.41) is 0.566. The first-order valence-electron chi connectivity index (χ1n) is 9.95. The van der Waals surface area contributed by atoms with Crippen LogP contribution in [0.1, 0.15) is 10.4 Å². The highest BCUT2D eigenvalue weighted by Gasteiger charge is 2.21. The second kappa shape index (κ2) is 9.35. The number of nitrogens with zero attached hydrogens (tertiary/aromatic N) is 3. The van der Waals surface area contributed by atoms with Crippen LogP contribution in [0.15, 0.2) is 95.3 Å². The zero-order valence-corrected chi connectivity index (χ0v) is 20.1. The third kappa shape index (κ3) is 4.50. The molecule has 0 fully saturated rings. The van der Waals surface area contributed by atoms with Crippen LogP contribution in [0.5, 0.6) is 0 Å². The Kier molecular flexibility index (Phi) is 6.51. The molecule has 0 saturated heterocycles. The highest BCUT2D eigenvalue weighted by atomic mass is 35.5. The Bertz CT molecular complexity index is 1510. The molecule has 4 rings (SSSR count). The number of anilines is 1. The number of hydrogen-bond donors (Lipinski definition) is 0. The first kappa shape index (κ1) is 23.0. The van der Waals surface area contributed by atoms with Crippen LogP contribution >= 0.6 is 22.9 Å². The van der Waals surface area contributed by atoms with Gasteiger partial charge in [0.2, 0.25) is 0 Å². The number of benzene rings is 3. The second-order valence-corrected chi connectivity index (χ2v) is 10.5. The molecule has 1 heterocycles. The average Bonchev–Trinajstić information content (AvgIpc) is 3.17. The van der Waals surface area contributed by atoms with Crippen molar-refractivity contribution in [1.82, 2.24) is 4.57 Å². The molecule has 0 aliphatic carbocycles. The number of fused-ring (bicyclic) bond motifs is 1. The molecule has 9 heteroatoms. The minimum atomic E-state index is -3.77. The lowest BCUT2D eigenvalue weighted by atomic mass is 10.2. The third-order valence-corrected chi connectivity index (χ3v) is 8.19. The van der Waals surface area contributed by atoms with E-state index in [0.717, 1.165) is 10.2 Å². The molecule has 33 heavy (non-hydrogen) atoms. The van der Waals surface area contributed by atoms with E-state index in [1.165, 1.54) is 47.0 Å². The summed E-state index contributed by atoms with van der Waals surface area (Å²) in [7, 11) is -2.28. The van der Waals surface area contributed by atoms with E-state index in [9.17, 15) is 13.2 Å². The van der Waals surface area contributed by atoms with Crippen LogP contribution in [0.3, 0.4) is 0 Å². The summed E-state index contributed by atoms with van der Waals surface area (Å²) >= 11 is 7.71. The summed E-state index contributed by atoms with van der Waals surface area (Å²) in [5.74, 6) is -0.476. The molecule has 168 valence electrons. The van der Waals surface area contributed by atoms with E-state index in [1.807, 2.05) is 22.8 Å². The van der Waals surface area contributed by atoms with Gasteiger partial charge in [0, 0.05) is 19.2 Å². The van der Waals surface area contributed by atoms with Gasteiger partial charge in [-0.1, -0.05) is 53.3 Å². The zero-order chi connectivity index (χ0) is 23.6. The lowest BCUT2D eigenvalue weighted by Crippen LogP contribution is -2.26. The van der Waals surface area contributed by atoms with Crippen molar-refractivity contribution in [3.8, 4) is 0 Å². The number of aromatic nitrogens is 1. The molecule has 0 unspecified atom stereocenters. The fraction of sp³-hybridized carbons (Fsp3) is 0.0833. The molecule has 0 radical (unpaired) electrons. The van der Waals surface area contributed by atoms with Gasteiger partial charge in [-0.3, -0.25) is 9.10 Å². The molecule has 3 aromatic carbocycles. The molecule has 0 saturated carbocycles. The number of sulfonamides is 1. The van der Waals surface area contributed by atoms with Gasteiger partial charge in [0.05, 0.1) is 25.8 Å². The van der Waals surface area contributed by atoms with Crippen LogP contribution in [-0.4, -0.2) is 25.9 Å². The normalized spacial score (nSPS) is 12.1. The maximum atomic E-state index is 12.9. The van der Waals surface area contributed by atoms with Gasteiger partial charge in [0.25, 0.3) is 15.9 Å². The molecule has 1 aromatic heterocycles. The van der Waals surface area contributed by atoms with Crippen molar-refractivity contribution in [3.05, 3.63) is 101 Å². The van der Waals surface area contributed by atoms with Gasteiger partial charge in [-0.2, -0.15) is 4.99 Å². The SMILES string of the molecule is C=CCn1c(=NC(=O)c2ccc(S(=O)(=O)N(C)c3ccccc3)cc2)sc2cccc(Cl)c21. The molecule has 0 atom stereocenters. The number of halogens is 1. The summed E-state index contributed by atoms with van der Waals surface area (Å²) in [4.78, 5) is 17.7. The van der Waals surface area contributed by atoms with Gasteiger partial charge in [-0.05, 0) is 48.5 Å². The number of thiazole rings is 1. The van der Waals surface area contributed by atoms with E-state index >= 15 is 0 Å². The number of rotatable bonds is 6. The molecule has 0 N–H and O–H groups in total. The van der Waals surface area contributed by atoms with Gasteiger partial charge < -0.3 is 4.57 Å². The van der Waals surface area contributed by atoms with Gasteiger partial charge in [0.1, 0.15) is 0 Å². The summed E-state index contributed by atoms with van der Waals surface area (Å²) < 4.78 is 29.8. The third-order valence-electron chi connectivity index (χ3n) is 5.04. The van der Waals surface area contributed by atoms with Crippen LogP contribution in [0.2, 0.25) is 5.02 Å². The molecule has 0 bridgehead atoms. The van der Waals surface area contributed by atoms with Gasteiger partial charge in [-0.25, -0.2) is 8.42 Å². The van der Waals surface area contributed by atoms with Gasteiger partial charge >= 0.3 is 0 Å². The lowest BCUT2D eigenvalue weighted by Gasteiger charge is -2.19. The van der Waals surface area contributed by atoms with E-state index < -0.39 is 15.9 Å². The van der Waals surface area contributed by atoms with Gasteiger partial charge in [0.15, 0.2) is 4.80 Å². The Morgan fingerprint density at radius 2 is 1.79 bits per heavy atom. The smallest absolute Gasteiger partial charge is 0.279 e. The summed E-state index contributed by atoms with van der Waals surface area (Å²) in [6, 6.07) is 20.1. The Labute approximate surface area is 200 Å². The van der Waals surface area contributed by atoms with E-state index in [0.29, 0.717) is 22.1 Å². The average molecular weight is 498 g/mol. The van der Waals surface area contributed by atoms with Crippen molar-refractivity contribution in [2.24, 2.45) is 4.99 Å². The summed E-state index contributed by atoms with van der Waals surface area (Å²) in [6.45, 7) is 4.22. The number of carbonyl (C=O) groups is 1. The number of carbonyl (C=O) groups excluding carboxylic acids is 1. The molecule has 4 aromatic rings. The molecular formula is C24H20ClN3O3S2. The lowest BCUT2D eigenvalue weighted by molar-refractivity contribution is 0.0998. The van der Waals surface area contributed by atoms with E-state index in [4.69, 9.17) is 11.6 Å². The van der Waals surface area contributed by atoms with Crippen molar-refractivity contribution in [2.45, 2.75) is 11.4 Å². The van der Waals surface area contributed by atoms with Crippen LogP contribution < -0.4 is 9.11 Å². The minimum absolute atomic E-state index is 0.0840. The van der Waals surface area contributed by atoms with Crippen LogP contribution in [-0.2, 0) is 16.6 Å². The predicted molar refractivity (Wildman–Crippen MR) is 133 cm³/mol. The Morgan fingerprint density at radius 3 is 2.45 bits per heavy atom. The van der Waals surface area contributed by atoms with Crippen LogP contribution in [0.4, 0.5) is 5.69 Å². The fourth-order valence-corrected chi connectivity index (χ4v) is 5.92. The molecule has 0 aliphatic rings.